The highest BCUT2D eigenvalue weighted by Gasteiger charge is 2.06. The summed E-state index contributed by atoms with van der Waals surface area (Å²) in [5.41, 5.74) is 0. The molecule has 0 aromatic rings. The lowest BCUT2D eigenvalue weighted by atomic mass is 10.5. The minimum atomic E-state index is -4.17. The van der Waals surface area contributed by atoms with Gasteiger partial charge in [-0.3, -0.25) is 4.55 Å². The maximum atomic E-state index is 9.99. The predicted octanol–water partition coefficient (Wildman–Crippen LogP) is -0.692. The highest BCUT2D eigenvalue weighted by Crippen LogP contribution is 1.92. The molecular weight excluding hydrogens is 160 g/mol. The van der Waals surface area contributed by atoms with E-state index in [1.54, 1.807) is 0 Å². The third-order valence-electron chi connectivity index (χ3n) is 0.657. The number of rotatable bonds is 3. The second-order valence-corrected chi connectivity index (χ2v) is 3.06. The summed E-state index contributed by atoms with van der Waals surface area (Å²) in [5, 5.41) is 16.7. The van der Waals surface area contributed by atoms with E-state index in [4.69, 9.17) is 14.8 Å². The molecule has 0 aliphatic rings. The largest absolute Gasteiger partial charge is 0.511 e. The number of aliphatic hydroxyl groups is 2. The summed E-state index contributed by atoms with van der Waals surface area (Å²) in [6, 6.07) is 0. The quantitative estimate of drug-likeness (QED) is 0.383. The third-order valence-corrected chi connectivity index (χ3v) is 1.32. The molecule has 0 aliphatic heterocycles. The fraction of sp³-hybridized carbons (Fsp3) is 0.500. The van der Waals surface area contributed by atoms with Crippen LogP contribution in [0.25, 0.3) is 0 Å². The molecule has 0 radical (unpaired) electrons. The summed E-state index contributed by atoms with van der Waals surface area (Å²) in [5.74, 6) is -1.42. The highest BCUT2D eigenvalue weighted by molar-refractivity contribution is 7.85. The Labute approximate surface area is 58.4 Å². The van der Waals surface area contributed by atoms with E-state index in [2.05, 4.69) is 0 Å². The minimum absolute atomic E-state index is 0.457. The molecule has 0 heterocycles. The molecule has 3 N–H and O–H groups in total. The molecule has 0 saturated carbocycles. The SMILES string of the molecule is O=S(=O)(O)C/C(O)=C/CO. The van der Waals surface area contributed by atoms with Gasteiger partial charge < -0.3 is 10.2 Å². The first-order chi connectivity index (χ1) is 4.45. The lowest BCUT2D eigenvalue weighted by Gasteiger charge is -1.93. The standard InChI is InChI=1S/C4H8O5S/c5-2-1-4(6)3-10(7,8)9/h1,5-6H,2-3H2,(H,7,8,9)/b4-1-. The molecule has 0 spiro atoms. The molecule has 0 aromatic carbocycles. The lowest BCUT2D eigenvalue weighted by Crippen LogP contribution is -2.06. The van der Waals surface area contributed by atoms with Gasteiger partial charge in [-0.1, -0.05) is 0 Å². The van der Waals surface area contributed by atoms with Crippen LogP contribution in [-0.2, 0) is 10.1 Å². The van der Waals surface area contributed by atoms with Crippen molar-refractivity contribution < 1.29 is 23.2 Å². The van der Waals surface area contributed by atoms with Gasteiger partial charge in [0, 0.05) is 0 Å². The molecule has 0 bridgehead atoms. The zero-order valence-corrected chi connectivity index (χ0v) is 5.87. The van der Waals surface area contributed by atoms with Crippen molar-refractivity contribution in [2.75, 3.05) is 12.4 Å². The van der Waals surface area contributed by atoms with Gasteiger partial charge in [-0.25, -0.2) is 0 Å². The summed E-state index contributed by atoms with van der Waals surface area (Å²) in [4.78, 5) is 0. The van der Waals surface area contributed by atoms with Crippen molar-refractivity contribution in [1.29, 1.82) is 0 Å². The Hall–Kier alpha value is -0.590. The molecule has 0 aromatic heterocycles. The Morgan fingerprint density at radius 2 is 2.00 bits per heavy atom. The van der Waals surface area contributed by atoms with E-state index in [1.165, 1.54) is 0 Å². The Bertz CT molecular complexity index is 214. The molecule has 6 heteroatoms. The molecule has 5 nitrogen and oxygen atoms in total. The molecule has 0 saturated heterocycles. The molecule has 0 unspecified atom stereocenters. The van der Waals surface area contributed by atoms with Gasteiger partial charge in [0.05, 0.1) is 6.61 Å². The summed E-state index contributed by atoms with van der Waals surface area (Å²) < 4.78 is 28.1. The molecular formula is C4H8O5S. The number of aliphatic hydroxyl groups excluding tert-OH is 2. The predicted molar refractivity (Wildman–Crippen MR) is 34.2 cm³/mol. The maximum absolute atomic E-state index is 9.99. The van der Waals surface area contributed by atoms with Gasteiger partial charge in [0.1, 0.15) is 11.5 Å². The van der Waals surface area contributed by atoms with Crippen LogP contribution in [0, 0.1) is 0 Å². The van der Waals surface area contributed by atoms with E-state index in [0.29, 0.717) is 0 Å². The molecule has 0 rings (SSSR count). The van der Waals surface area contributed by atoms with Crippen LogP contribution in [-0.4, -0.2) is 35.5 Å². The molecule has 60 valence electrons. The van der Waals surface area contributed by atoms with Crippen molar-refractivity contribution in [1.82, 2.24) is 0 Å². The fourth-order valence-electron chi connectivity index (χ4n) is 0.351. The molecule has 10 heavy (non-hydrogen) atoms. The van der Waals surface area contributed by atoms with Crippen LogP contribution in [0.2, 0.25) is 0 Å². The van der Waals surface area contributed by atoms with Crippen molar-refractivity contribution in [3.63, 3.8) is 0 Å². The number of hydrogen-bond donors (Lipinski definition) is 3. The topological polar surface area (TPSA) is 94.8 Å². The van der Waals surface area contributed by atoms with Crippen LogP contribution in [0.3, 0.4) is 0 Å². The molecule has 0 fully saturated rings. The second kappa shape index (κ2) is 3.55. The van der Waals surface area contributed by atoms with E-state index in [9.17, 15) is 8.42 Å². The Morgan fingerprint density at radius 3 is 2.30 bits per heavy atom. The van der Waals surface area contributed by atoms with E-state index < -0.39 is 28.2 Å². The maximum Gasteiger partial charge on any atom is 0.272 e. The van der Waals surface area contributed by atoms with Crippen LogP contribution >= 0.6 is 0 Å². The molecule has 0 aliphatic carbocycles. The zero-order chi connectivity index (χ0) is 8.20. The minimum Gasteiger partial charge on any atom is -0.511 e. The summed E-state index contributed by atoms with van der Waals surface area (Å²) >= 11 is 0. The monoisotopic (exact) mass is 168 g/mol. The first-order valence-corrected chi connectivity index (χ1v) is 4.00. The normalized spacial score (nSPS) is 13.6. The van der Waals surface area contributed by atoms with Gasteiger partial charge in [0.15, 0.2) is 0 Å². The Balaban J connectivity index is 4.05. The summed E-state index contributed by atoms with van der Waals surface area (Å²) in [6.45, 7) is -0.457. The van der Waals surface area contributed by atoms with Gasteiger partial charge in [-0.2, -0.15) is 8.42 Å². The van der Waals surface area contributed by atoms with Gasteiger partial charge >= 0.3 is 0 Å². The number of hydrogen-bond acceptors (Lipinski definition) is 4. The lowest BCUT2D eigenvalue weighted by molar-refractivity contribution is 0.329. The average molecular weight is 168 g/mol. The average Bonchev–Trinajstić information content (AvgIpc) is 1.59. The van der Waals surface area contributed by atoms with Crippen LogP contribution in [0.15, 0.2) is 11.8 Å². The van der Waals surface area contributed by atoms with Crippen molar-refractivity contribution >= 4 is 10.1 Å². The van der Waals surface area contributed by atoms with Crippen molar-refractivity contribution in [3.8, 4) is 0 Å². The smallest absolute Gasteiger partial charge is 0.272 e. The van der Waals surface area contributed by atoms with Crippen LogP contribution in [0.4, 0.5) is 0 Å². The zero-order valence-electron chi connectivity index (χ0n) is 5.06. The summed E-state index contributed by atoms with van der Waals surface area (Å²) in [6.07, 6.45) is 0.883. The van der Waals surface area contributed by atoms with Gasteiger partial charge in [0.2, 0.25) is 0 Å². The van der Waals surface area contributed by atoms with Crippen molar-refractivity contribution in [3.05, 3.63) is 11.8 Å². The Morgan fingerprint density at radius 1 is 1.50 bits per heavy atom. The first-order valence-electron chi connectivity index (χ1n) is 2.39. The van der Waals surface area contributed by atoms with Gasteiger partial charge in [0.25, 0.3) is 10.1 Å². The first kappa shape index (κ1) is 9.41. The fourth-order valence-corrected chi connectivity index (χ4v) is 0.843. The van der Waals surface area contributed by atoms with E-state index in [1.807, 2.05) is 0 Å². The van der Waals surface area contributed by atoms with Crippen molar-refractivity contribution in [2.24, 2.45) is 0 Å². The van der Waals surface area contributed by atoms with Gasteiger partial charge in [-0.05, 0) is 6.08 Å². The molecule has 0 atom stereocenters. The van der Waals surface area contributed by atoms with E-state index in [-0.39, 0.29) is 0 Å². The van der Waals surface area contributed by atoms with Gasteiger partial charge in [-0.15, -0.1) is 0 Å². The highest BCUT2D eigenvalue weighted by atomic mass is 32.2. The second-order valence-electron chi connectivity index (χ2n) is 1.60. The Kier molecular flexibility index (Phi) is 3.34. The molecule has 0 amide bonds. The van der Waals surface area contributed by atoms with E-state index >= 15 is 0 Å². The third kappa shape index (κ3) is 5.54. The van der Waals surface area contributed by atoms with Crippen LogP contribution in [0.1, 0.15) is 0 Å². The van der Waals surface area contributed by atoms with Crippen molar-refractivity contribution in [2.45, 2.75) is 0 Å². The van der Waals surface area contributed by atoms with Crippen LogP contribution < -0.4 is 0 Å². The van der Waals surface area contributed by atoms with Crippen LogP contribution in [0.5, 0.6) is 0 Å². The van der Waals surface area contributed by atoms with E-state index in [0.717, 1.165) is 6.08 Å². The summed E-state index contributed by atoms with van der Waals surface area (Å²) in [7, 11) is -4.17.